The molecule has 73 heavy (non-hydrogen) atoms. The van der Waals surface area contributed by atoms with E-state index in [1.54, 1.807) is 0 Å². The molecule has 0 aliphatic heterocycles. The largest absolute Gasteiger partial charge is 0.309 e. The van der Waals surface area contributed by atoms with E-state index in [1.807, 2.05) is 0 Å². The van der Waals surface area contributed by atoms with Crippen LogP contribution in [0.2, 0.25) is 0 Å². The summed E-state index contributed by atoms with van der Waals surface area (Å²) in [6.07, 6.45) is 0. The topological polar surface area (TPSA) is 6.48 Å². The van der Waals surface area contributed by atoms with Crippen molar-refractivity contribution in [1.82, 2.24) is 0 Å². The number of benzene rings is 12. The summed E-state index contributed by atoms with van der Waals surface area (Å²) in [5.41, 5.74) is 21.1. The molecular formula is C71H52N2. The lowest BCUT2D eigenvalue weighted by molar-refractivity contribution is 0.661. The lowest BCUT2D eigenvalue weighted by Crippen LogP contribution is -2.17. The van der Waals surface area contributed by atoms with E-state index < -0.39 is 0 Å². The molecule has 0 saturated carbocycles. The Labute approximate surface area is 428 Å². The molecule has 0 aromatic heterocycles. The van der Waals surface area contributed by atoms with Crippen LogP contribution in [0.15, 0.2) is 279 Å². The van der Waals surface area contributed by atoms with Crippen molar-refractivity contribution in [2.24, 2.45) is 0 Å². The van der Waals surface area contributed by atoms with E-state index in [9.17, 15) is 0 Å². The van der Waals surface area contributed by atoms with Crippen LogP contribution in [0.4, 0.5) is 34.1 Å². The maximum absolute atomic E-state index is 2.54. The molecule has 12 aromatic rings. The SMILES string of the molecule is CC1(C)c2ccccc2-c2cc3c(N(c4ccc(-c5ccccc5)cc4)c4ccc(-c5ccccc5)cc4)c4ccccc4c(N(c4ccc(-c5ccccc5)cc4)c4ccc(-c5ccccc5)cc4)c3cc21. The van der Waals surface area contributed by atoms with Crippen LogP contribution in [0.5, 0.6) is 0 Å². The van der Waals surface area contributed by atoms with Crippen molar-refractivity contribution in [1.29, 1.82) is 0 Å². The molecule has 0 heterocycles. The quantitative estimate of drug-likeness (QED) is 0.0996. The van der Waals surface area contributed by atoms with E-state index >= 15 is 0 Å². The van der Waals surface area contributed by atoms with Crippen molar-refractivity contribution in [2.45, 2.75) is 19.3 Å². The Morgan fingerprint density at radius 3 is 0.877 bits per heavy atom. The predicted octanol–water partition coefficient (Wildman–Crippen LogP) is 19.9. The van der Waals surface area contributed by atoms with Gasteiger partial charge in [-0.2, -0.15) is 0 Å². The van der Waals surface area contributed by atoms with Crippen LogP contribution >= 0.6 is 0 Å². The van der Waals surface area contributed by atoms with Gasteiger partial charge in [-0.1, -0.05) is 232 Å². The zero-order valence-corrected chi connectivity index (χ0v) is 41.0. The van der Waals surface area contributed by atoms with Gasteiger partial charge in [0.15, 0.2) is 0 Å². The highest BCUT2D eigenvalue weighted by atomic mass is 15.2. The molecule has 12 aromatic carbocycles. The summed E-state index contributed by atoms with van der Waals surface area (Å²) in [4.78, 5) is 5.01. The smallest absolute Gasteiger partial charge is 0.0620 e. The maximum atomic E-state index is 2.54. The predicted molar refractivity (Wildman–Crippen MR) is 310 cm³/mol. The average Bonchev–Trinajstić information content (AvgIpc) is 3.69. The minimum Gasteiger partial charge on any atom is -0.309 e. The average molecular weight is 933 g/mol. The molecule has 1 aliphatic rings. The first-order chi connectivity index (χ1) is 36.0. The summed E-state index contributed by atoms with van der Waals surface area (Å²) in [7, 11) is 0. The maximum Gasteiger partial charge on any atom is 0.0620 e. The highest BCUT2D eigenvalue weighted by Crippen LogP contribution is 2.56. The molecule has 2 heteroatoms. The van der Waals surface area contributed by atoms with E-state index in [4.69, 9.17) is 0 Å². The summed E-state index contributed by atoms with van der Waals surface area (Å²) >= 11 is 0. The van der Waals surface area contributed by atoms with Gasteiger partial charge in [0.1, 0.15) is 0 Å². The fourth-order valence-electron chi connectivity index (χ4n) is 11.4. The third-order valence-electron chi connectivity index (χ3n) is 15.0. The normalized spacial score (nSPS) is 12.4. The summed E-state index contributed by atoms with van der Waals surface area (Å²) < 4.78 is 0. The van der Waals surface area contributed by atoms with Crippen molar-refractivity contribution in [2.75, 3.05) is 9.80 Å². The molecular weight excluding hydrogens is 881 g/mol. The highest BCUT2D eigenvalue weighted by molar-refractivity contribution is 6.24. The first kappa shape index (κ1) is 43.8. The van der Waals surface area contributed by atoms with Gasteiger partial charge in [0, 0.05) is 49.7 Å². The number of rotatable bonds is 10. The fourth-order valence-corrected chi connectivity index (χ4v) is 11.4. The molecule has 0 saturated heterocycles. The van der Waals surface area contributed by atoms with Crippen molar-refractivity contribution in [3.05, 3.63) is 290 Å². The van der Waals surface area contributed by atoms with E-state index in [0.717, 1.165) is 44.9 Å². The van der Waals surface area contributed by atoms with Crippen LogP contribution in [0.25, 0.3) is 77.2 Å². The van der Waals surface area contributed by atoms with E-state index in [2.05, 4.69) is 303 Å². The van der Waals surface area contributed by atoms with Gasteiger partial charge >= 0.3 is 0 Å². The summed E-state index contributed by atoms with van der Waals surface area (Å²) in [5.74, 6) is 0. The monoisotopic (exact) mass is 932 g/mol. The molecule has 1 aliphatic carbocycles. The Balaban J connectivity index is 1.11. The molecule has 13 rings (SSSR count). The van der Waals surface area contributed by atoms with E-state index in [-0.39, 0.29) is 5.41 Å². The second-order valence-electron chi connectivity index (χ2n) is 19.7. The van der Waals surface area contributed by atoms with Gasteiger partial charge in [-0.15, -0.1) is 0 Å². The lowest BCUT2D eigenvalue weighted by atomic mass is 9.81. The van der Waals surface area contributed by atoms with Crippen LogP contribution in [0, 0.1) is 0 Å². The molecule has 0 atom stereocenters. The second-order valence-corrected chi connectivity index (χ2v) is 19.7. The summed E-state index contributed by atoms with van der Waals surface area (Å²) in [5, 5.41) is 4.66. The van der Waals surface area contributed by atoms with Gasteiger partial charge in [-0.25, -0.2) is 0 Å². The molecule has 0 N–H and O–H groups in total. The molecule has 0 unspecified atom stereocenters. The zero-order valence-electron chi connectivity index (χ0n) is 41.0. The van der Waals surface area contributed by atoms with Gasteiger partial charge in [-0.3, -0.25) is 0 Å². The van der Waals surface area contributed by atoms with Crippen molar-refractivity contribution in [3.8, 4) is 55.6 Å². The highest BCUT2D eigenvalue weighted by Gasteiger charge is 2.37. The third kappa shape index (κ3) is 7.76. The summed E-state index contributed by atoms with van der Waals surface area (Å²) in [6.45, 7) is 4.78. The molecule has 0 radical (unpaired) electrons. The van der Waals surface area contributed by atoms with Crippen LogP contribution < -0.4 is 9.80 Å². The first-order valence-corrected chi connectivity index (χ1v) is 25.3. The van der Waals surface area contributed by atoms with Crippen molar-refractivity contribution < 1.29 is 0 Å². The number of hydrogen-bond acceptors (Lipinski definition) is 2. The van der Waals surface area contributed by atoms with Gasteiger partial charge in [0.2, 0.25) is 0 Å². The van der Waals surface area contributed by atoms with Crippen LogP contribution in [-0.4, -0.2) is 0 Å². The minimum atomic E-state index is -0.233. The van der Waals surface area contributed by atoms with Gasteiger partial charge in [0.25, 0.3) is 0 Å². The Hall–Kier alpha value is -9.24. The van der Waals surface area contributed by atoms with Crippen LogP contribution in [0.1, 0.15) is 25.0 Å². The van der Waals surface area contributed by atoms with E-state index in [0.29, 0.717) is 0 Å². The Morgan fingerprint density at radius 1 is 0.233 bits per heavy atom. The van der Waals surface area contributed by atoms with Gasteiger partial charge in [-0.05, 0) is 127 Å². The first-order valence-electron chi connectivity index (χ1n) is 25.3. The Morgan fingerprint density at radius 2 is 0.521 bits per heavy atom. The van der Waals surface area contributed by atoms with Crippen molar-refractivity contribution in [3.63, 3.8) is 0 Å². The standard InChI is InChI=1S/C71H52N2/c1-71(2)67-30-18-17-27-61(67)64-47-65-66(48-68(64)71)70(73(59-43-35-55(36-44-59)51-23-11-5-12-24-51)60-45-37-56(38-46-60)52-25-13-6-14-26-52)63-29-16-15-28-62(63)69(65)72(57-39-31-53(32-40-57)49-19-7-3-8-20-49)58-41-33-54(34-42-58)50-21-9-4-10-22-50/h3-48H,1-2H3. The number of fused-ring (bicyclic) bond motifs is 5. The lowest BCUT2D eigenvalue weighted by Gasteiger charge is -2.34. The van der Waals surface area contributed by atoms with Crippen molar-refractivity contribution >= 4 is 55.7 Å². The molecule has 0 amide bonds. The number of hydrogen-bond donors (Lipinski definition) is 0. The molecule has 0 bridgehead atoms. The van der Waals surface area contributed by atoms with E-state index in [1.165, 1.54) is 77.5 Å². The zero-order chi connectivity index (χ0) is 48.9. The Kier molecular flexibility index (Phi) is 10.9. The van der Waals surface area contributed by atoms with Gasteiger partial charge < -0.3 is 9.80 Å². The fraction of sp³-hybridized carbons (Fsp3) is 0.0423. The molecule has 2 nitrogen and oxygen atoms in total. The Bertz CT molecular complexity index is 3760. The molecule has 0 spiro atoms. The van der Waals surface area contributed by atoms with Crippen LogP contribution in [0.3, 0.4) is 0 Å². The molecule has 346 valence electrons. The van der Waals surface area contributed by atoms with Crippen LogP contribution in [-0.2, 0) is 5.41 Å². The number of nitrogens with zero attached hydrogens (tertiary/aromatic N) is 2. The summed E-state index contributed by atoms with van der Waals surface area (Å²) in [6, 6.07) is 102. The minimum absolute atomic E-state index is 0.233. The molecule has 0 fully saturated rings. The third-order valence-corrected chi connectivity index (χ3v) is 15.0. The second kappa shape index (κ2) is 18.2. The van der Waals surface area contributed by atoms with Gasteiger partial charge in [0.05, 0.1) is 11.4 Å². The number of anilines is 6.